The maximum absolute atomic E-state index is 12.4. The standard InChI is InChI=1S/C24H35N3O2/c1-3-29-23(28)27-10-4-5-18-14-19(15-22(18)27)26-11-8-24(9-12-26)16-25-21-7-6-17(2)13-20(21)24/h6-7,13,18-19,22,25H,3-5,8-12,14-16H2,1-2H3. The van der Waals surface area contributed by atoms with Crippen molar-refractivity contribution >= 4 is 11.8 Å². The number of fused-ring (bicyclic) bond motifs is 3. The summed E-state index contributed by atoms with van der Waals surface area (Å²) in [4.78, 5) is 17.2. The van der Waals surface area contributed by atoms with Crippen molar-refractivity contribution in [3.8, 4) is 0 Å². The third-order valence-electron chi connectivity index (χ3n) is 8.14. The molecule has 5 rings (SSSR count). The van der Waals surface area contributed by atoms with Crippen molar-refractivity contribution < 1.29 is 9.53 Å². The van der Waals surface area contributed by atoms with Crippen LogP contribution in [0.3, 0.4) is 0 Å². The van der Waals surface area contributed by atoms with Crippen LogP contribution in [-0.4, -0.2) is 60.8 Å². The minimum atomic E-state index is -0.0931. The molecule has 0 radical (unpaired) electrons. The second-order valence-electron chi connectivity index (χ2n) is 9.71. The van der Waals surface area contributed by atoms with Gasteiger partial charge < -0.3 is 19.9 Å². The quantitative estimate of drug-likeness (QED) is 0.814. The molecule has 5 nitrogen and oxygen atoms in total. The van der Waals surface area contributed by atoms with Crippen LogP contribution < -0.4 is 5.32 Å². The van der Waals surface area contributed by atoms with Crippen LogP contribution in [0.4, 0.5) is 10.5 Å². The lowest BCUT2D eigenvalue weighted by atomic mass is 9.73. The molecule has 1 aromatic rings. The van der Waals surface area contributed by atoms with Crippen LogP contribution >= 0.6 is 0 Å². The molecule has 1 saturated carbocycles. The van der Waals surface area contributed by atoms with Gasteiger partial charge in [-0.15, -0.1) is 0 Å². The Morgan fingerprint density at radius 2 is 2.07 bits per heavy atom. The topological polar surface area (TPSA) is 44.8 Å². The van der Waals surface area contributed by atoms with E-state index < -0.39 is 0 Å². The van der Waals surface area contributed by atoms with Crippen LogP contribution in [-0.2, 0) is 10.2 Å². The van der Waals surface area contributed by atoms with Gasteiger partial charge in [-0.1, -0.05) is 17.7 Å². The Morgan fingerprint density at radius 1 is 1.24 bits per heavy atom. The first-order valence-electron chi connectivity index (χ1n) is 11.6. The number of piperidine rings is 2. The van der Waals surface area contributed by atoms with Crippen LogP contribution in [0.2, 0.25) is 0 Å². The average molecular weight is 398 g/mol. The summed E-state index contributed by atoms with van der Waals surface area (Å²) in [5.74, 6) is 0.658. The molecule has 1 aliphatic carbocycles. The van der Waals surface area contributed by atoms with Gasteiger partial charge in [0.15, 0.2) is 0 Å². The van der Waals surface area contributed by atoms with Crippen molar-refractivity contribution in [1.29, 1.82) is 0 Å². The number of nitrogens with zero attached hydrogens (tertiary/aromatic N) is 2. The highest BCUT2D eigenvalue weighted by Gasteiger charge is 2.47. The van der Waals surface area contributed by atoms with E-state index in [9.17, 15) is 4.79 Å². The van der Waals surface area contributed by atoms with Crippen molar-refractivity contribution in [2.24, 2.45) is 5.92 Å². The third kappa shape index (κ3) is 3.31. The van der Waals surface area contributed by atoms with Crippen LogP contribution in [0.15, 0.2) is 18.2 Å². The maximum atomic E-state index is 12.4. The number of hydrogen-bond donors (Lipinski definition) is 1. The zero-order valence-corrected chi connectivity index (χ0v) is 18.0. The summed E-state index contributed by atoms with van der Waals surface area (Å²) in [6.45, 7) is 8.90. The van der Waals surface area contributed by atoms with E-state index in [2.05, 4.69) is 35.3 Å². The molecule has 0 bridgehead atoms. The van der Waals surface area contributed by atoms with Crippen LogP contribution in [0.1, 0.15) is 56.6 Å². The van der Waals surface area contributed by atoms with Gasteiger partial charge >= 0.3 is 6.09 Å². The lowest BCUT2D eigenvalue weighted by molar-refractivity contribution is 0.0634. The Bertz CT molecular complexity index is 771. The highest BCUT2D eigenvalue weighted by Crippen LogP contribution is 2.46. The average Bonchev–Trinajstić information content (AvgIpc) is 3.31. The molecule has 3 heterocycles. The molecular formula is C24H35N3O2. The monoisotopic (exact) mass is 397 g/mol. The van der Waals surface area contributed by atoms with Crippen molar-refractivity contribution in [2.75, 3.05) is 38.1 Å². The Kier molecular flexibility index (Phi) is 4.97. The molecule has 3 fully saturated rings. The first kappa shape index (κ1) is 19.2. The molecule has 5 heteroatoms. The van der Waals surface area contributed by atoms with E-state index in [1.165, 1.54) is 50.0 Å². The highest BCUT2D eigenvalue weighted by atomic mass is 16.6. The number of anilines is 1. The summed E-state index contributed by atoms with van der Waals surface area (Å²) in [6.07, 6.45) is 7.16. The Balaban J connectivity index is 1.25. The molecule has 1 amide bonds. The van der Waals surface area contributed by atoms with Gasteiger partial charge in [0.25, 0.3) is 0 Å². The number of aryl methyl sites for hydroxylation is 1. The number of likely N-dealkylation sites (tertiary alicyclic amines) is 2. The van der Waals surface area contributed by atoms with Crippen LogP contribution in [0, 0.1) is 12.8 Å². The predicted octanol–water partition coefficient (Wildman–Crippen LogP) is 4.15. The summed E-state index contributed by atoms with van der Waals surface area (Å²) in [6, 6.07) is 7.91. The van der Waals surface area contributed by atoms with Crippen LogP contribution in [0.25, 0.3) is 0 Å². The van der Waals surface area contributed by atoms with E-state index in [-0.39, 0.29) is 6.09 Å². The number of nitrogens with one attached hydrogen (secondary N) is 1. The second-order valence-corrected chi connectivity index (χ2v) is 9.71. The molecule has 2 saturated heterocycles. The van der Waals surface area contributed by atoms with E-state index in [0.717, 1.165) is 25.9 Å². The van der Waals surface area contributed by atoms with Crippen molar-refractivity contribution in [3.63, 3.8) is 0 Å². The number of carbonyl (C=O) groups is 1. The summed E-state index contributed by atoms with van der Waals surface area (Å²) in [5.41, 5.74) is 4.58. The number of hydrogen-bond acceptors (Lipinski definition) is 4. The normalized spacial score (nSPS) is 30.7. The third-order valence-corrected chi connectivity index (χ3v) is 8.14. The lowest BCUT2D eigenvalue weighted by Gasteiger charge is -2.42. The van der Waals surface area contributed by atoms with Crippen molar-refractivity contribution in [2.45, 2.75) is 69.9 Å². The number of benzene rings is 1. The van der Waals surface area contributed by atoms with Gasteiger partial charge in [0.05, 0.1) is 6.61 Å². The number of amides is 1. The minimum absolute atomic E-state index is 0.0931. The first-order chi connectivity index (χ1) is 14.1. The van der Waals surface area contributed by atoms with Gasteiger partial charge in [0.1, 0.15) is 0 Å². The molecule has 4 aliphatic rings. The number of carbonyl (C=O) groups excluding carboxylic acids is 1. The lowest BCUT2D eigenvalue weighted by Crippen LogP contribution is -2.48. The van der Waals surface area contributed by atoms with Crippen LogP contribution in [0.5, 0.6) is 0 Å². The number of ether oxygens (including phenoxy) is 1. The molecule has 1 N–H and O–H groups in total. The molecule has 0 aromatic heterocycles. The summed E-state index contributed by atoms with van der Waals surface area (Å²) >= 11 is 0. The smallest absolute Gasteiger partial charge is 0.410 e. The molecule has 3 atom stereocenters. The minimum Gasteiger partial charge on any atom is -0.450 e. The van der Waals surface area contributed by atoms with E-state index in [0.29, 0.717) is 30.0 Å². The van der Waals surface area contributed by atoms with Gasteiger partial charge in [-0.05, 0) is 83.0 Å². The van der Waals surface area contributed by atoms with Gasteiger partial charge in [-0.25, -0.2) is 4.79 Å². The fourth-order valence-corrected chi connectivity index (χ4v) is 6.56. The Labute approximate surface area is 174 Å². The molecular weight excluding hydrogens is 362 g/mol. The van der Waals surface area contributed by atoms with E-state index in [1.54, 1.807) is 5.56 Å². The summed E-state index contributed by atoms with van der Waals surface area (Å²) in [7, 11) is 0. The van der Waals surface area contributed by atoms with E-state index in [4.69, 9.17) is 4.74 Å². The zero-order valence-electron chi connectivity index (χ0n) is 18.0. The van der Waals surface area contributed by atoms with Gasteiger partial charge in [-0.2, -0.15) is 0 Å². The summed E-state index contributed by atoms with van der Waals surface area (Å²) < 4.78 is 5.34. The highest BCUT2D eigenvalue weighted by molar-refractivity contribution is 5.68. The van der Waals surface area contributed by atoms with Crippen molar-refractivity contribution in [3.05, 3.63) is 29.3 Å². The molecule has 1 spiro atoms. The van der Waals surface area contributed by atoms with E-state index >= 15 is 0 Å². The van der Waals surface area contributed by atoms with Crippen molar-refractivity contribution in [1.82, 2.24) is 9.80 Å². The van der Waals surface area contributed by atoms with E-state index in [1.807, 2.05) is 11.8 Å². The maximum Gasteiger partial charge on any atom is 0.410 e. The van der Waals surface area contributed by atoms with Gasteiger partial charge in [0.2, 0.25) is 0 Å². The fraction of sp³-hybridized carbons (Fsp3) is 0.708. The molecule has 3 unspecified atom stereocenters. The molecule has 1 aromatic carbocycles. The van der Waals surface area contributed by atoms with Gasteiger partial charge in [-0.3, -0.25) is 0 Å². The fourth-order valence-electron chi connectivity index (χ4n) is 6.56. The SMILES string of the molecule is CCOC(=O)N1CCCC2CC(N3CCC4(CC3)CNc3ccc(C)cc34)CC21. The largest absolute Gasteiger partial charge is 0.450 e. The van der Waals surface area contributed by atoms with Gasteiger partial charge in [0, 0.05) is 36.3 Å². The zero-order chi connectivity index (χ0) is 20.0. The Hall–Kier alpha value is -1.75. The molecule has 3 aliphatic heterocycles. The molecule has 29 heavy (non-hydrogen) atoms. The predicted molar refractivity (Wildman–Crippen MR) is 115 cm³/mol. The second kappa shape index (κ2) is 7.50. The first-order valence-corrected chi connectivity index (χ1v) is 11.6. The number of rotatable bonds is 2. The molecule has 158 valence electrons. The summed E-state index contributed by atoms with van der Waals surface area (Å²) in [5, 5.41) is 3.67. The Morgan fingerprint density at radius 3 is 2.86 bits per heavy atom.